The lowest BCUT2D eigenvalue weighted by Crippen LogP contribution is -1.95. The smallest absolute Gasteiger partial charge is 0.00152 e. The monoisotopic (exact) mass is 230 g/mol. The summed E-state index contributed by atoms with van der Waals surface area (Å²) >= 11 is 0. The zero-order valence-corrected chi connectivity index (χ0v) is 11.4. The molecule has 1 atom stereocenters. The molecule has 17 heavy (non-hydrogen) atoms. The van der Waals surface area contributed by atoms with Crippen LogP contribution in [0.1, 0.15) is 62.5 Å². The number of aryl methyl sites for hydroxylation is 1. The normalized spacial score (nSPS) is 12.4. The number of hydrogen-bond acceptors (Lipinski definition) is 0. The maximum Gasteiger partial charge on any atom is 0.00152 e. The van der Waals surface area contributed by atoms with E-state index >= 15 is 0 Å². The molecule has 0 aliphatic rings. The number of rotatable bonds is 8. The van der Waals surface area contributed by atoms with Crippen molar-refractivity contribution in [3.8, 4) is 0 Å². The molecule has 1 unspecified atom stereocenters. The van der Waals surface area contributed by atoms with Crippen LogP contribution in [-0.4, -0.2) is 0 Å². The van der Waals surface area contributed by atoms with Gasteiger partial charge in [0.05, 0.1) is 0 Å². The lowest BCUT2D eigenvalue weighted by Gasteiger charge is -2.13. The first kappa shape index (κ1) is 14.0. The molecule has 0 radical (unpaired) electrons. The Hall–Kier alpha value is -1.04. The van der Waals surface area contributed by atoms with Gasteiger partial charge in [0.15, 0.2) is 0 Å². The summed E-state index contributed by atoms with van der Waals surface area (Å²) in [6.07, 6.45) is 10.1. The molecule has 1 aromatic carbocycles. The van der Waals surface area contributed by atoms with Crippen LogP contribution in [0.2, 0.25) is 0 Å². The molecular weight excluding hydrogens is 204 g/mol. The van der Waals surface area contributed by atoms with E-state index in [1.807, 2.05) is 0 Å². The maximum atomic E-state index is 3.97. The van der Waals surface area contributed by atoms with Gasteiger partial charge in [0.1, 0.15) is 0 Å². The highest BCUT2D eigenvalue weighted by atomic mass is 14.1. The van der Waals surface area contributed by atoms with Crippen LogP contribution in [0.3, 0.4) is 0 Å². The number of allylic oxidation sites excluding steroid dienone is 1. The second kappa shape index (κ2) is 8.11. The highest BCUT2D eigenvalue weighted by Gasteiger charge is 2.06. The van der Waals surface area contributed by atoms with Crippen LogP contribution in [0.5, 0.6) is 0 Å². The maximum absolute atomic E-state index is 3.97. The summed E-state index contributed by atoms with van der Waals surface area (Å²) in [5, 5.41) is 0. The number of unbranched alkanes of at least 4 members (excludes halogenated alkanes) is 4. The van der Waals surface area contributed by atoms with Crippen molar-refractivity contribution in [3.63, 3.8) is 0 Å². The topological polar surface area (TPSA) is 0 Å². The van der Waals surface area contributed by atoms with Gasteiger partial charge in [0, 0.05) is 5.92 Å². The Labute approximate surface area is 107 Å². The summed E-state index contributed by atoms with van der Waals surface area (Å²) in [5.41, 5.74) is 2.75. The summed E-state index contributed by atoms with van der Waals surface area (Å²) < 4.78 is 0. The fourth-order valence-corrected chi connectivity index (χ4v) is 2.20. The molecule has 1 aromatic rings. The molecule has 94 valence electrons. The second-order valence-electron chi connectivity index (χ2n) is 4.96. The van der Waals surface area contributed by atoms with E-state index in [1.54, 1.807) is 0 Å². The fraction of sp³-hybridized carbons (Fsp3) is 0.529. The zero-order valence-electron chi connectivity index (χ0n) is 11.4. The van der Waals surface area contributed by atoms with Crippen LogP contribution in [0.25, 0.3) is 0 Å². The van der Waals surface area contributed by atoms with Crippen LogP contribution >= 0.6 is 0 Å². The van der Waals surface area contributed by atoms with E-state index in [4.69, 9.17) is 0 Å². The third kappa shape index (κ3) is 5.21. The van der Waals surface area contributed by atoms with Crippen molar-refractivity contribution in [2.45, 2.75) is 58.3 Å². The third-order valence-electron chi connectivity index (χ3n) is 3.41. The Morgan fingerprint density at radius 2 is 1.71 bits per heavy atom. The molecule has 0 saturated heterocycles. The summed E-state index contributed by atoms with van der Waals surface area (Å²) in [7, 11) is 0. The van der Waals surface area contributed by atoms with Gasteiger partial charge in [-0.15, -0.1) is 6.58 Å². The van der Waals surface area contributed by atoms with Crippen molar-refractivity contribution < 1.29 is 0 Å². The predicted molar refractivity (Wildman–Crippen MR) is 77.5 cm³/mol. The van der Waals surface area contributed by atoms with Crippen LogP contribution in [0.15, 0.2) is 36.9 Å². The third-order valence-corrected chi connectivity index (χ3v) is 3.41. The van der Waals surface area contributed by atoms with Gasteiger partial charge in [0.25, 0.3) is 0 Å². The van der Waals surface area contributed by atoms with E-state index < -0.39 is 0 Å². The minimum Gasteiger partial charge on any atom is -0.102 e. The van der Waals surface area contributed by atoms with E-state index in [0.717, 1.165) is 0 Å². The van der Waals surface area contributed by atoms with E-state index in [-0.39, 0.29) is 0 Å². The minimum absolute atomic E-state index is 0.539. The van der Waals surface area contributed by atoms with E-state index in [0.29, 0.717) is 5.92 Å². The highest BCUT2D eigenvalue weighted by molar-refractivity contribution is 5.26. The van der Waals surface area contributed by atoms with Crippen molar-refractivity contribution in [2.75, 3.05) is 0 Å². The first-order valence-electron chi connectivity index (χ1n) is 6.97. The van der Waals surface area contributed by atoms with Gasteiger partial charge in [-0.2, -0.15) is 0 Å². The van der Waals surface area contributed by atoms with Crippen LogP contribution in [0, 0.1) is 6.92 Å². The molecule has 0 N–H and O–H groups in total. The molecule has 0 aliphatic heterocycles. The highest BCUT2D eigenvalue weighted by Crippen LogP contribution is 2.24. The Kier molecular flexibility index (Phi) is 6.69. The Morgan fingerprint density at radius 3 is 2.29 bits per heavy atom. The van der Waals surface area contributed by atoms with Crippen molar-refractivity contribution in [1.29, 1.82) is 0 Å². The molecule has 0 aromatic heterocycles. The van der Waals surface area contributed by atoms with Crippen molar-refractivity contribution >= 4 is 0 Å². The largest absolute Gasteiger partial charge is 0.102 e. The molecule has 0 heterocycles. The first-order valence-corrected chi connectivity index (χ1v) is 6.97. The molecule has 0 amide bonds. The zero-order chi connectivity index (χ0) is 12.5. The quantitative estimate of drug-likeness (QED) is 0.401. The van der Waals surface area contributed by atoms with Gasteiger partial charge < -0.3 is 0 Å². The molecule has 0 heteroatoms. The van der Waals surface area contributed by atoms with E-state index in [9.17, 15) is 0 Å². The fourth-order valence-electron chi connectivity index (χ4n) is 2.20. The minimum atomic E-state index is 0.539. The molecule has 1 rings (SSSR count). The lowest BCUT2D eigenvalue weighted by atomic mass is 9.92. The van der Waals surface area contributed by atoms with Crippen LogP contribution < -0.4 is 0 Å². The summed E-state index contributed by atoms with van der Waals surface area (Å²) in [4.78, 5) is 0. The van der Waals surface area contributed by atoms with Gasteiger partial charge in [0.2, 0.25) is 0 Å². The van der Waals surface area contributed by atoms with Crippen LogP contribution in [-0.2, 0) is 0 Å². The van der Waals surface area contributed by atoms with Gasteiger partial charge >= 0.3 is 0 Å². The van der Waals surface area contributed by atoms with E-state index in [2.05, 4.69) is 50.8 Å². The van der Waals surface area contributed by atoms with Gasteiger partial charge in [-0.25, -0.2) is 0 Å². The number of hydrogen-bond donors (Lipinski definition) is 0. The predicted octanol–water partition coefficient (Wildman–Crippen LogP) is 5.63. The Balaban J connectivity index is 2.38. The van der Waals surface area contributed by atoms with Crippen molar-refractivity contribution in [2.24, 2.45) is 0 Å². The van der Waals surface area contributed by atoms with Crippen molar-refractivity contribution in [3.05, 3.63) is 48.0 Å². The molecular formula is C17H26. The van der Waals surface area contributed by atoms with Gasteiger partial charge in [-0.1, -0.05) is 74.9 Å². The molecule has 0 aliphatic carbocycles. The number of benzene rings is 1. The molecule has 0 fully saturated rings. The molecule has 0 nitrogen and oxygen atoms in total. The summed E-state index contributed by atoms with van der Waals surface area (Å²) in [6, 6.07) is 8.88. The standard InChI is InChI=1S/C17H26/c1-4-6-7-8-9-10-16(5-2)17-13-11-15(3)12-14-17/h5,11-14,16H,2,4,6-10H2,1,3H3. The van der Waals surface area contributed by atoms with E-state index in [1.165, 1.54) is 49.7 Å². The van der Waals surface area contributed by atoms with Crippen molar-refractivity contribution in [1.82, 2.24) is 0 Å². The van der Waals surface area contributed by atoms with Gasteiger partial charge in [-0.05, 0) is 18.9 Å². The van der Waals surface area contributed by atoms with Crippen LogP contribution in [0.4, 0.5) is 0 Å². The molecule has 0 saturated carbocycles. The SMILES string of the molecule is C=CC(CCCCCCC)c1ccc(C)cc1. The van der Waals surface area contributed by atoms with Gasteiger partial charge in [-0.3, -0.25) is 0 Å². The summed E-state index contributed by atoms with van der Waals surface area (Å²) in [5.74, 6) is 0.539. The first-order chi connectivity index (χ1) is 8.27. The molecule has 0 bridgehead atoms. The Morgan fingerprint density at radius 1 is 1.06 bits per heavy atom. The average molecular weight is 230 g/mol. The second-order valence-corrected chi connectivity index (χ2v) is 4.96. The molecule has 0 spiro atoms. The summed E-state index contributed by atoms with van der Waals surface area (Å²) in [6.45, 7) is 8.37. The lowest BCUT2D eigenvalue weighted by molar-refractivity contribution is 0.586. The Bertz CT molecular complexity index is 307. The average Bonchev–Trinajstić information content (AvgIpc) is 2.35.